The molecule has 2 nitrogen and oxygen atoms in total. The highest BCUT2D eigenvalue weighted by atomic mass is 15.1. The number of nitrogens with zero attached hydrogens (tertiary/aromatic N) is 1. The summed E-state index contributed by atoms with van der Waals surface area (Å²) >= 11 is 0. The summed E-state index contributed by atoms with van der Waals surface area (Å²) in [7, 11) is 0. The van der Waals surface area contributed by atoms with Gasteiger partial charge in [0.2, 0.25) is 0 Å². The predicted molar refractivity (Wildman–Crippen MR) is 31.7 cm³/mol. The van der Waals surface area contributed by atoms with E-state index in [2.05, 4.69) is 22.8 Å². The van der Waals surface area contributed by atoms with Crippen LogP contribution in [0.25, 0.3) is 0 Å². The Morgan fingerprint density at radius 3 is 2.75 bits per heavy atom. The van der Waals surface area contributed by atoms with Crippen LogP contribution in [0, 0.1) is 0 Å². The Labute approximate surface area is 49.0 Å². The van der Waals surface area contributed by atoms with Crippen LogP contribution in [0.5, 0.6) is 0 Å². The first-order chi connectivity index (χ1) is 3.91. The summed E-state index contributed by atoms with van der Waals surface area (Å²) in [6.45, 7) is 3.00. The van der Waals surface area contributed by atoms with Crippen LogP contribution in [0.1, 0.15) is 0 Å². The van der Waals surface area contributed by atoms with Gasteiger partial charge in [0.05, 0.1) is 5.54 Å². The zero-order chi connectivity index (χ0) is 5.45. The Balaban J connectivity index is 1.96. The molecule has 0 saturated carbocycles. The highest BCUT2D eigenvalue weighted by Gasteiger charge is 2.34. The first kappa shape index (κ1) is 4.53. The summed E-state index contributed by atoms with van der Waals surface area (Å²) in [6, 6.07) is 0. The number of hydrogen-bond donors (Lipinski definition) is 1. The average molecular weight is 109 g/mol. The maximum absolute atomic E-state index is 4.27. The molecule has 2 aliphatic rings. The van der Waals surface area contributed by atoms with E-state index in [1.165, 1.54) is 0 Å². The molecular formula is C6H9N2. The lowest BCUT2D eigenvalue weighted by molar-refractivity contribution is 0.426. The fraction of sp³-hybridized carbons (Fsp3) is 0.667. The van der Waals surface area contributed by atoms with E-state index >= 15 is 0 Å². The van der Waals surface area contributed by atoms with E-state index in [1.807, 2.05) is 0 Å². The topological polar surface area (TPSA) is 26.1 Å². The molecule has 0 aromatic heterocycles. The molecule has 1 fully saturated rings. The Bertz CT molecular complexity index is 114. The van der Waals surface area contributed by atoms with Crippen LogP contribution in [-0.2, 0) is 0 Å². The van der Waals surface area contributed by atoms with Gasteiger partial charge in [-0.1, -0.05) is 12.2 Å². The normalized spacial score (nSPS) is 31.0. The van der Waals surface area contributed by atoms with Gasteiger partial charge in [0, 0.05) is 19.6 Å². The summed E-state index contributed by atoms with van der Waals surface area (Å²) < 4.78 is 0. The zero-order valence-electron chi connectivity index (χ0n) is 4.72. The molecule has 1 aliphatic carbocycles. The van der Waals surface area contributed by atoms with E-state index in [-0.39, 0.29) is 5.54 Å². The summed E-state index contributed by atoms with van der Waals surface area (Å²) in [5.41, 5.74) is 0.262. The van der Waals surface area contributed by atoms with Crippen molar-refractivity contribution in [3.63, 3.8) is 0 Å². The third kappa shape index (κ3) is 0.572. The first-order valence-corrected chi connectivity index (χ1v) is 3.00. The predicted octanol–water partition coefficient (Wildman–Crippen LogP) is -0.497. The monoisotopic (exact) mass is 109 g/mol. The van der Waals surface area contributed by atoms with Crippen LogP contribution >= 0.6 is 0 Å². The molecule has 1 spiro atoms. The van der Waals surface area contributed by atoms with E-state index < -0.39 is 0 Å². The number of rotatable bonds is 0. The van der Waals surface area contributed by atoms with Crippen molar-refractivity contribution in [1.82, 2.24) is 10.6 Å². The van der Waals surface area contributed by atoms with Crippen LogP contribution < -0.4 is 10.6 Å². The largest absolute Gasteiger partial charge is 0.302 e. The lowest BCUT2D eigenvalue weighted by Crippen LogP contribution is -2.48. The Hall–Kier alpha value is -0.340. The molecule has 1 N–H and O–H groups in total. The summed E-state index contributed by atoms with van der Waals surface area (Å²) in [5.74, 6) is 0. The van der Waals surface area contributed by atoms with Crippen molar-refractivity contribution >= 4 is 0 Å². The zero-order valence-corrected chi connectivity index (χ0v) is 4.72. The van der Waals surface area contributed by atoms with E-state index in [1.54, 1.807) is 0 Å². The van der Waals surface area contributed by atoms with Gasteiger partial charge in [-0.05, 0) is 0 Å². The Kier molecular flexibility index (Phi) is 0.754. The van der Waals surface area contributed by atoms with Crippen molar-refractivity contribution in [2.45, 2.75) is 5.54 Å². The van der Waals surface area contributed by atoms with E-state index in [0.29, 0.717) is 0 Å². The van der Waals surface area contributed by atoms with Crippen molar-refractivity contribution in [2.75, 3.05) is 19.6 Å². The van der Waals surface area contributed by atoms with Crippen LogP contribution in [0.15, 0.2) is 12.2 Å². The minimum absolute atomic E-state index is 0.262. The van der Waals surface area contributed by atoms with Crippen LogP contribution in [0.3, 0.4) is 0 Å². The third-order valence-electron chi connectivity index (χ3n) is 1.67. The minimum Gasteiger partial charge on any atom is -0.302 e. The third-order valence-corrected chi connectivity index (χ3v) is 1.67. The molecule has 0 aromatic rings. The van der Waals surface area contributed by atoms with Gasteiger partial charge in [-0.15, -0.1) is 0 Å². The molecule has 43 valence electrons. The lowest BCUT2D eigenvalue weighted by Gasteiger charge is -2.22. The van der Waals surface area contributed by atoms with Crippen molar-refractivity contribution in [1.29, 1.82) is 0 Å². The van der Waals surface area contributed by atoms with E-state index in [0.717, 1.165) is 19.6 Å². The fourth-order valence-electron chi connectivity index (χ4n) is 1.01. The van der Waals surface area contributed by atoms with Gasteiger partial charge in [0.25, 0.3) is 0 Å². The molecule has 0 amide bonds. The number of hydrogen-bond acceptors (Lipinski definition) is 1. The van der Waals surface area contributed by atoms with Gasteiger partial charge in [0.15, 0.2) is 0 Å². The Morgan fingerprint density at radius 2 is 2.38 bits per heavy atom. The summed E-state index contributed by atoms with van der Waals surface area (Å²) in [4.78, 5) is 0. The van der Waals surface area contributed by atoms with Crippen LogP contribution in [0.4, 0.5) is 0 Å². The first-order valence-electron chi connectivity index (χ1n) is 3.00. The SMILES string of the molecule is C1=CC12C[N]CCN2. The second-order valence-electron chi connectivity index (χ2n) is 2.41. The van der Waals surface area contributed by atoms with E-state index in [9.17, 15) is 0 Å². The number of piperazine rings is 1. The second kappa shape index (κ2) is 1.33. The smallest absolute Gasteiger partial charge is 0.0695 e. The van der Waals surface area contributed by atoms with Gasteiger partial charge in [0.1, 0.15) is 0 Å². The maximum atomic E-state index is 4.27. The molecular weight excluding hydrogens is 100 g/mol. The maximum Gasteiger partial charge on any atom is 0.0695 e. The Morgan fingerprint density at radius 1 is 1.50 bits per heavy atom. The fourth-order valence-corrected chi connectivity index (χ4v) is 1.01. The van der Waals surface area contributed by atoms with Crippen LogP contribution in [0.2, 0.25) is 0 Å². The van der Waals surface area contributed by atoms with E-state index in [4.69, 9.17) is 0 Å². The van der Waals surface area contributed by atoms with Gasteiger partial charge < -0.3 is 5.32 Å². The van der Waals surface area contributed by atoms with Gasteiger partial charge >= 0.3 is 0 Å². The molecule has 1 aliphatic heterocycles. The molecule has 0 bridgehead atoms. The second-order valence-corrected chi connectivity index (χ2v) is 2.41. The molecule has 1 saturated heterocycles. The quantitative estimate of drug-likeness (QED) is 0.417. The van der Waals surface area contributed by atoms with Crippen molar-refractivity contribution in [2.24, 2.45) is 0 Å². The molecule has 8 heavy (non-hydrogen) atoms. The standard InChI is InChI=1S/C6H9N2/c1-2-6(1)5-7-3-4-8-6/h1-2,8H,3-5H2. The molecule has 2 rings (SSSR count). The number of nitrogens with one attached hydrogen (secondary N) is 1. The highest BCUT2D eigenvalue weighted by Crippen LogP contribution is 2.23. The molecule has 1 radical (unpaired) electrons. The van der Waals surface area contributed by atoms with Gasteiger partial charge in [-0.2, -0.15) is 0 Å². The van der Waals surface area contributed by atoms with Crippen molar-refractivity contribution in [3.8, 4) is 0 Å². The van der Waals surface area contributed by atoms with Gasteiger partial charge in [-0.3, -0.25) is 0 Å². The summed E-state index contributed by atoms with van der Waals surface area (Å²) in [6.07, 6.45) is 4.35. The average Bonchev–Trinajstić information content (AvgIpc) is 2.52. The molecule has 0 aromatic carbocycles. The molecule has 1 heterocycles. The molecule has 2 heteroatoms. The summed E-state index contributed by atoms with van der Waals surface area (Å²) in [5, 5.41) is 7.63. The lowest BCUT2D eigenvalue weighted by atomic mass is 10.2. The van der Waals surface area contributed by atoms with Crippen LogP contribution in [-0.4, -0.2) is 25.2 Å². The minimum atomic E-state index is 0.262. The van der Waals surface area contributed by atoms with Crippen molar-refractivity contribution in [3.05, 3.63) is 12.2 Å². The molecule has 0 atom stereocenters. The van der Waals surface area contributed by atoms with Crippen molar-refractivity contribution < 1.29 is 0 Å². The highest BCUT2D eigenvalue weighted by molar-refractivity contribution is 5.35. The van der Waals surface area contributed by atoms with Gasteiger partial charge in [-0.25, -0.2) is 5.32 Å². The molecule has 0 unspecified atom stereocenters.